The van der Waals surface area contributed by atoms with Crippen molar-refractivity contribution in [3.05, 3.63) is 18.1 Å². The zero-order chi connectivity index (χ0) is 12.8. The van der Waals surface area contributed by atoms with Crippen LogP contribution in [0.1, 0.15) is 5.82 Å². The second kappa shape index (κ2) is 8.41. The summed E-state index contributed by atoms with van der Waals surface area (Å²) in [7, 11) is 1.58. The minimum absolute atomic E-state index is 0. The van der Waals surface area contributed by atoms with Gasteiger partial charge in [-0.2, -0.15) is 16.7 Å². The highest BCUT2D eigenvalue weighted by Gasteiger charge is 2.12. The van der Waals surface area contributed by atoms with Crippen molar-refractivity contribution in [2.75, 3.05) is 31.7 Å². The predicted molar refractivity (Wildman–Crippen MR) is 88.2 cm³/mol. The van der Waals surface area contributed by atoms with Crippen LogP contribution in [-0.4, -0.2) is 52.5 Å². The monoisotopic (exact) mass is 395 g/mol. The van der Waals surface area contributed by atoms with E-state index in [4.69, 9.17) is 10.5 Å². The van der Waals surface area contributed by atoms with E-state index in [1.165, 1.54) is 0 Å². The van der Waals surface area contributed by atoms with Gasteiger partial charge in [0.25, 0.3) is 0 Å². The quantitative estimate of drug-likeness (QED) is 0.467. The van der Waals surface area contributed by atoms with Crippen LogP contribution in [0.4, 0.5) is 0 Å². The average molecular weight is 395 g/mol. The maximum absolute atomic E-state index is 5.95. The van der Waals surface area contributed by atoms with Crippen LogP contribution in [0, 0.1) is 0 Å². The number of methoxy groups -OCH3 is 1. The lowest BCUT2D eigenvalue weighted by molar-refractivity contribution is 0.394. The van der Waals surface area contributed by atoms with Gasteiger partial charge in [0.2, 0.25) is 5.88 Å². The van der Waals surface area contributed by atoms with E-state index in [9.17, 15) is 0 Å². The fraction of sp³-hybridized carbons (Fsp3) is 0.545. The molecule has 1 fully saturated rings. The molecule has 1 aliphatic heterocycles. The van der Waals surface area contributed by atoms with Crippen molar-refractivity contribution in [1.29, 1.82) is 0 Å². The van der Waals surface area contributed by atoms with Crippen molar-refractivity contribution >= 4 is 41.7 Å². The number of nitrogens with zero attached hydrogens (tertiary/aromatic N) is 4. The first kappa shape index (κ1) is 16.3. The summed E-state index contributed by atoms with van der Waals surface area (Å²) >= 11 is 1.94. The van der Waals surface area contributed by atoms with Crippen LogP contribution in [0.25, 0.3) is 0 Å². The van der Waals surface area contributed by atoms with Crippen LogP contribution in [0.2, 0.25) is 0 Å². The molecule has 2 heterocycles. The van der Waals surface area contributed by atoms with Crippen LogP contribution >= 0.6 is 35.7 Å². The molecule has 0 bridgehead atoms. The van der Waals surface area contributed by atoms with Gasteiger partial charge < -0.3 is 15.4 Å². The van der Waals surface area contributed by atoms with Crippen LogP contribution in [0.5, 0.6) is 5.88 Å². The number of ether oxygens (including phenoxy) is 1. The molecule has 1 saturated heterocycles. The maximum atomic E-state index is 5.95. The van der Waals surface area contributed by atoms with Crippen molar-refractivity contribution in [1.82, 2.24) is 14.9 Å². The maximum Gasteiger partial charge on any atom is 0.216 e. The molecular weight excluding hydrogens is 377 g/mol. The molecule has 1 aromatic rings. The van der Waals surface area contributed by atoms with E-state index in [1.54, 1.807) is 19.4 Å². The molecule has 8 heteroatoms. The number of hydrogen-bond donors (Lipinski definition) is 1. The minimum Gasteiger partial charge on any atom is -0.481 e. The van der Waals surface area contributed by atoms with Gasteiger partial charge in [0.05, 0.1) is 7.11 Å². The Morgan fingerprint density at radius 2 is 2.26 bits per heavy atom. The van der Waals surface area contributed by atoms with Crippen molar-refractivity contribution < 1.29 is 4.74 Å². The Kier molecular flexibility index (Phi) is 7.21. The molecule has 0 radical (unpaired) electrons. The molecule has 6 nitrogen and oxygen atoms in total. The summed E-state index contributed by atoms with van der Waals surface area (Å²) in [6.07, 6.45) is 1.66. The summed E-state index contributed by atoms with van der Waals surface area (Å²) < 4.78 is 5.03. The Labute approximate surface area is 134 Å². The summed E-state index contributed by atoms with van der Waals surface area (Å²) in [4.78, 5) is 14.7. The van der Waals surface area contributed by atoms with E-state index < -0.39 is 0 Å². The second-order valence-electron chi connectivity index (χ2n) is 3.79. The van der Waals surface area contributed by atoms with Gasteiger partial charge >= 0.3 is 0 Å². The Morgan fingerprint density at radius 3 is 2.95 bits per heavy atom. The number of guanidine groups is 1. The number of aromatic nitrogens is 2. The summed E-state index contributed by atoms with van der Waals surface area (Å²) in [6.45, 7) is 2.30. The van der Waals surface area contributed by atoms with Gasteiger partial charge in [0, 0.05) is 36.9 Å². The van der Waals surface area contributed by atoms with Gasteiger partial charge in [-0.3, -0.25) is 0 Å². The first-order chi connectivity index (χ1) is 8.79. The number of halogens is 1. The van der Waals surface area contributed by atoms with Gasteiger partial charge in [0.15, 0.2) is 11.8 Å². The van der Waals surface area contributed by atoms with Gasteiger partial charge in [0.1, 0.15) is 6.54 Å². The van der Waals surface area contributed by atoms with E-state index in [0.717, 1.165) is 24.6 Å². The topological polar surface area (TPSA) is 76.6 Å². The van der Waals surface area contributed by atoms with Gasteiger partial charge in [-0.15, -0.1) is 24.0 Å². The lowest BCUT2D eigenvalue weighted by atomic mass is 10.5. The standard InChI is InChI=1S/C11H17N5OS.HI/c1-17-10-2-3-13-9(15-10)8-14-11(12)16-4-6-18-7-5-16;/h2-3H,4-8H2,1H3,(H2,12,14);1H. The number of thioether (sulfide) groups is 1. The number of rotatable bonds is 3. The molecule has 1 aliphatic rings. The molecule has 0 aromatic carbocycles. The number of nitrogens with two attached hydrogens (primary N) is 1. The number of aliphatic imine (C=N–C) groups is 1. The van der Waals surface area contributed by atoms with Crippen molar-refractivity contribution in [2.45, 2.75) is 6.54 Å². The zero-order valence-electron chi connectivity index (χ0n) is 10.8. The predicted octanol–water partition coefficient (Wildman–Crippen LogP) is 0.967. The Bertz CT molecular complexity index is 425. The van der Waals surface area contributed by atoms with Gasteiger partial charge in [-0.05, 0) is 0 Å². The highest BCUT2D eigenvalue weighted by atomic mass is 127. The van der Waals surface area contributed by atoms with E-state index in [1.807, 2.05) is 11.8 Å². The Hall–Kier alpha value is -0.770. The lowest BCUT2D eigenvalue weighted by Crippen LogP contribution is -2.42. The van der Waals surface area contributed by atoms with Gasteiger partial charge in [-0.25, -0.2) is 9.98 Å². The number of hydrogen-bond acceptors (Lipinski definition) is 5. The first-order valence-corrected chi connectivity index (χ1v) is 6.93. The summed E-state index contributed by atoms with van der Waals surface area (Å²) in [5.74, 6) is 3.94. The fourth-order valence-corrected chi connectivity index (χ4v) is 2.52. The molecule has 1 aromatic heterocycles. The lowest BCUT2D eigenvalue weighted by Gasteiger charge is -2.27. The normalized spacial score (nSPS) is 15.8. The van der Waals surface area contributed by atoms with Crippen LogP contribution in [0.3, 0.4) is 0 Å². The first-order valence-electron chi connectivity index (χ1n) is 5.78. The smallest absolute Gasteiger partial charge is 0.216 e. The molecule has 0 saturated carbocycles. The molecule has 19 heavy (non-hydrogen) atoms. The third-order valence-corrected chi connectivity index (χ3v) is 3.55. The summed E-state index contributed by atoms with van der Waals surface area (Å²) in [6, 6.07) is 1.71. The molecule has 106 valence electrons. The van der Waals surface area contributed by atoms with Crippen LogP contribution in [0.15, 0.2) is 17.3 Å². The highest BCUT2D eigenvalue weighted by Crippen LogP contribution is 2.09. The van der Waals surface area contributed by atoms with Crippen LogP contribution < -0.4 is 10.5 Å². The third-order valence-electron chi connectivity index (χ3n) is 2.61. The van der Waals surface area contributed by atoms with Crippen molar-refractivity contribution in [3.63, 3.8) is 0 Å². The molecule has 0 aliphatic carbocycles. The molecule has 2 rings (SSSR count). The average Bonchev–Trinajstić information content (AvgIpc) is 2.46. The van der Waals surface area contributed by atoms with E-state index in [-0.39, 0.29) is 24.0 Å². The third kappa shape index (κ3) is 5.01. The summed E-state index contributed by atoms with van der Waals surface area (Å²) in [5, 5.41) is 0. The van der Waals surface area contributed by atoms with E-state index in [2.05, 4.69) is 19.9 Å². The molecule has 2 N–H and O–H groups in total. The molecule has 0 unspecified atom stereocenters. The van der Waals surface area contributed by atoms with Crippen molar-refractivity contribution in [3.8, 4) is 5.88 Å². The highest BCUT2D eigenvalue weighted by molar-refractivity contribution is 14.0. The molecule has 0 spiro atoms. The fourth-order valence-electron chi connectivity index (χ4n) is 1.61. The minimum atomic E-state index is 0. The Morgan fingerprint density at radius 1 is 1.53 bits per heavy atom. The second-order valence-corrected chi connectivity index (χ2v) is 5.01. The molecule has 0 atom stereocenters. The van der Waals surface area contributed by atoms with Crippen molar-refractivity contribution in [2.24, 2.45) is 10.7 Å². The zero-order valence-corrected chi connectivity index (χ0v) is 13.9. The van der Waals surface area contributed by atoms with Crippen LogP contribution in [-0.2, 0) is 6.54 Å². The largest absolute Gasteiger partial charge is 0.481 e. The summed E-state index contributed by atoms with van der Waals surface area (Å²) in [5.41, 5.74) is 5.95. The van der Waals surface area contributed by atoms with E-state index >= 15 is 0 Å². The molecule has 0 amide bonds. The SMILES string of the molecule is COc1ccnc(CN=C(N)N2CCSCC2)n1.I. The Balaban J connectivity index is 0.00000180. The van der Waals surface area contributed by atoms with E-state index in [0.29, 0.717) is 24.2 Å². The van der Waals surface area contributed by atoms with Gasteiger partial charge in [-0.1, -0.05) is 0 Å². The molecular formula is C11H18IN5OS.